The molecule has 1 aromatic rings. The maximum atomic E-state index is 12.5. The molecule has 0 radical (unpaired) electrons. The number of anilines is 1. The molecule has 2 fully saturated rings. The van der Waals surface area contributed by atoms with Crippen molar-refractivity contribution < 1.29 is 10.0 Å². The van der Waals surface area contributed by atoms with E-state index in [1.807, 2.05) is 25.7 Å². The van der Waals surface area contributed by atoms with Crippen molar-refractivity contribution in [1.29, 1.82) is 0 Å². The van der Waals surface area contributed by atoms with Crippen LogP contribution in [0.4, 0.5) is 5.69 Å². The third-order valence-corrected chi connectivity index (χ3v) is 6.02. The van der Waals surface area contributed by atoms with E-state index in [1.54, 1.807) is 0 Å². The monoisotopic (exact) mass is 343 g/mol. The zero-order valence-electron chi connectivity index (χ0n) is 15.5. The van der Waals surface area contributed by atoms with Crippen LogP contribution >= 0.6 is 0 Å². The summed E-state index contributed by atoms with van der Waals surface area (Å²) >= 11 is 0. The highest BCUT2D eigenvalue weighted by atomic mass is 16.5. The van der Waals surface area contributed by atoms with Crippen molar-refractivity contribution in [2.75, 3.05) is 37.6 Å². The molecule has 3 aliphatic rings. The second-order valence-corrected chi connectivity index (χ2v) is 8.74. The molecule has 25 heavy (non-hydrogen) atoms. The maximum Gasteiger partial charge on any atom is 0.228 e. The normalized spacial score (nSPS) is 26.7. The number of piperidine rings is 1. The number of rotatable bonds is 1. The topological polar surface area (TPSA) is 47.0 Å². The van der Waals surface area contributed by atoms with Gasteiger partial charge in [-0.3, -0.25) is 4.79 Å². The van der Waals surface area contributed by atoms with Gasteiger partial charge in [0.2, 0.25) is 5.91 Å². The fourth-order valence-corrected chi connectivity index (χ4v) is 4.58. The number of hydrogen-bond donors (Lipinski definition) is 1. The van der Waals surface area contributed by atoms with E-state index in [1.165, 1.54) is 21.9 Å². The Labute approximate surface area is 150 Å². The van der Waals surface area contributed by atoms with Gasteiger partial charge in [0.05, 0.1) is 6.04 Å². The molecule has 1 aliphatic carbocycles. The number of nitrogens with zero attached hydrogens (tertiary/aromatic N) is 3. The predicted octanol–water partition coefficient (Wildman–Crippen LogP) is 3.00. The lowest BCUT2D eigenvalue weighted by molar-refractivity contribution is -0.141. The van der Waals surface area contributed by atoms with Gasteiger partial charge in [-0.05, 0) is 42.0 Å². The standard InChI is InChI=1S/C20H29N3O2/c1-20(2,3)19(24)22-10-8-21(9-11-22)15-4-5-16-14-6-7-23(25)18(12-14)17(16)13-15/h4-5,13-14,18,25H,6-12H2,1-3H3. The lowest BCUT2D eigenvalue weighted by Gasteiger charge is -2.39. The summed E-state index contributed by atoms with van der Waals surface area (Å²) in [6.07, 6.45) is 2.09. The van der Waals surface area contributed by atoms with Gasteiger partial charge >= 0.3 is 0 Å². The third kappa shape index (κ3) is 2.93. The van der Waals surface area contributed by atoms with Gasteiger partial charge in [0.25, 0.3) is 0 Å². The zero-order chi connectivity index (χ0) is 17.8. The van der Waals surface area contributed by atoms with Crippen LogP contribution in [-0.4, -0.2) is 53.8 Å². The van der Waals surface area contributed by atoms with E-state index in [0.29, 0.717) is 5.92 Å². The molecule has 1 N–H and O–H groups in total. The van der Waals surface area contributed by atoms with E-state index < -0.39 is 0 Å². The molecule has 2 unspecified atom stereocenters. The number of hydroxylamine groups is 2. The largest absolute Gasteiger partial charge is 0.368 e. The van der Waals surface area contributed by atoms with Gasteiger partial charge in [-0.2, -0.15) is 5.06 Å². The fraction of sp³-hybridized carbons (Fsp3) is 0.650. The Balaban J connectivity index is 1.48. The number of piperazine rings is 1. The summed E-state index contributed by atoms with van der Waals surface area (Å²) in [6.45, 7) is 10.0. The van der Waals surface area contributed by atoms with Crippen LogP contribution in [0.5, 0.6) is 0 Å². The minimum atomic E-state index is -0.308. The number of benzene rings is 1. The molecule has 2 heterocycles. The van der Waals surface area contributed by atoms with Crippen LogP contribution in [0.15, 0.2) is 18.2 Å². The molecular weight excluding hydrogens is 314 g/mol. The molecule has 2 atom stereocenters. The molecule has 5 heteroatoms. The molecular formula is C20H29N3O2. The highest BCUT2D eigenvalue weighted by molar-refractivity contribution is 5.81. The van der Waals surface area contributed by atoms with Crippen molar-refractivity contribution in [3.8, 4) is 0 Å². The summed E-state index contributed by atoms with van der Waals surface area (Å²) in [5.41, 5.74) is 3.64. The Hall–Kier alpha value is -1.59. The van der Waals surface area contributed by atoms with Crippen molar-refractivity contribution in [2.45, 2.75) is 45.6 Å². The molecule has 2 bridgehead atoms. The van der Waals surface area contributed by atoms with Crippen LogP contribution in [0.3, 0.4) is 0 Å². The molecule has 2 aliphatic heterocycles. The molecule has 4 rings (SSSR count). The molecule has 0 aromatic heterocycles. The summed E-state index contributed by atoms with van der Waals surface area (Å²) in [5.74, 6) is 0.851. The first-order valence-electron chi connectivity index (χ1n) is 9.48. The van der Waals surface area contributed by atoms with E-state index in [4.69, 9.17) is 0 Å². The quantitative estimate of drug-likeness (QED) is 0.851. The zero-order valence-corrected chi connectivity index (χ0v) is 15.5. The van der Waals surface area contributed by atoms with Crippen LogP contribution in [0.1, 0.15) is 56.7 Å². The van der Waals surface area contributed by atoms with Gasteiger partial charge in [-0.15, -0.1) is 0 Å². The van der Waals surface area contributed by atoms with Crippen LogP contribution < -0.4 is 4.90 Å². The molecule has 1 amide bonds. The minimum Gasteiger partial charge on any atom is -0.368 e. The van der Waals surface area contributed by atoms with Gasteiger partial charge in [0.15, 0.2) is 0 Å². The Morgan fingerprint density at radius 1 is 1.08 bits per heavy atom. The lowest BCUT2D eigenvalue weighted by Crippen LogP contribution is -2.51. The minimum absolute atomic E-state index is 0.164. The van der Waals surface area contributed by atoms with E-state index in [0.717, 1.165) is 45.6 Å². The van der Waals surface area contributed by atoms with Crippen LogP contribution in [-0.2, 0) is 4.79 Å². The van der Waals surface area contributed by atoms with E-state index in [-0.39, 0.29) is 17.4 Å². The van der Waals surface area contributed by atoms with Gasteiger partial charge in [-0.1, -0.05) is 26.8 Å². The Morgan fingerprint density at radius 2 is 1.80 bits per heavy atom. The average molecular weight is 343 g/mol. The lowest BCUT2D eigenvalue weighted by atomic mass is 9.94. The van der Waals surface area contributed by atoms with E-state index in [9.17, 15) is 10.0 Å². The molecule has 5 nitrogen and oxygen atoms in total. The fourth-order valence-electron chi connectivity index (χ4n) is 4.58. The summed E-state index contributed by atoms with van der Waals surface area (Å²) < 4.78 is 0. The second kappa shape index (κ2) is 5.99. The highest BCUT2D eigenvalue weighted by Gasteiger charge is 2.39. The van der Waals surface area contributed by atoms with Gasteiger partial charge < -0.3 is 15.0 Å². The number of amides is 1. The van der Waals surface area contributed by atoms with Crippen molar-refractivity contribution in [3.63, 3.8) is 0 Å². The Bertz CT molecular complexity index is 674. The SMILES string of the molecule is CC(C)(C)C(=O)N1CCN(c2ccc3c(c2)C2CC3CCN2O)CC1. The van der Waals surface area contributed by atoms with Crippen LogP contribution in [0, 0.1) is 5.41 Å². The first-order valence-corrected chi connectivity index (χ1v) is 9.48. The summed E-state index contributed by atoms with van der Waals surface area (Å²) in [6, 6.07) is 6.93. The molecule has 0 saturated carbocycles. The van der Waals surface area contributed by atoms with Gasteiger partial charge in [-0.25, -0.2) is 0 Å². The van der Waals surface area contributed by atoms with Gasteiger partial charge in [0, 0.05) is 43.8 Å². The number of carbonyl (C=O) groups is 1. The van der Waals surface area contributed by atoms with Gasteiger partial charge in [0.1, 0.15) is 0 Å². The molecule has 1 aromatic carbocycles. The van der Waals surface area contributed by atoms with Crippen molar-refractivity contribution in [2.24, 2.45) is 5.41 Å². The van der Waals surface area contributed by atoms with Crippen molar-refractivity contribution in [3.05, 3.63) is 29.3 Å². The summed E-state index contributed by atoms with van der Waals surface area (Å²) in [7, 11) is 0. The van der Waals surface area contributed by atoms with E-state index in [2.05, 4.69) is 23.1 Å². The Morgan fingerprint density at radius 3 is 2.48 bits per heavy atom. The second-order valence-electron chi connectivity index (χ2n) is 8.74. The number of carbonyl (C=O) groups excluding carboxylic acids is 1. The van der Waals surface area contributed by atoms with Crippen molar-refractivity contribution >= 4 is 11.6 Å². The number of fused-ring (bicyclic) bond motifs is 5. The first-order chi connectivity index (χ1) is 11.8. The highest BCUT2D eigenvalue weighted by Crippen LogP contribution is 2.49. The van der Waals surface area contributed by atoms with Crippen LogP contribution in [0.2, 0.25) is 0 Å². The maximum absolute atomic E-state index is 12.5. The number of hydrogen-bond acceptors (Lipinski definition) is 4. The molecule has 2 saturated heterocycles. The molecule has 0 spiro atoms. The average Bonchev–Trinajstić information content (AvgIpc) is 2.90. The van der Waals surface area contributed by atoms with Crippen molar-refractivity contribution in [1.82, 2.24) is 9.96 Å². The Kier molecular flexibility index (Phi) is 4.04. The van der Waals surface area contributed by atoms with E-state index >= 15 is 0 Å². The summed E-state index contributed by atoms with van der Waals surface area (Å²) in [4.78, 5) is 16.8. The smallest absolute Gasteiger partial charge is 0.228 e. The first kappa shape index (κ1) is 16.9. The summed E-state index contributed by atoms with van der Waals surface area (Å²) in [5, 5.41) is 11.7. The molecule has 136 valence electrons. The third-order valence-electron chi connectivity index (χ3n) is 6.02. The van der Waals surface area contributed by atoms with Crippen LogP contribution in [0.25, 0.3) is 0 Å². The predicted molar refractivity (Wildman–Crippen MR) is 97.9 cm³/mol.